The molecule has 3 N–H and O–H groups in total. The Morgan fingerprint density at radius 3 is 2.75 bits per heavy atom. The zero-order chi connectivity index (χ0) is 14.8. The molecule has 0 bridgehead atoms. The third-order valence-corrected chi connectivity index (χ3v) is 3.09. The number of aromatic amines is 1. The van der Waals surface area contributed by atoms with Crippen molar-refractivity contribution in [3.8, 4) is 0 Å². The van der Waals surface area contributed by atoms with Crippen LogP contribution in [0.2, 0.25) is 0 Å². The van der Waals surface area contributed by atoms with E-state index in [4.69, 9.17) is 0 Å². The first-order valence-corrected chi connectivity index (χ1v) is 7.74. The molecular weight excluding hydrogens is 283 g/mol. The molecule has 1 aromatic carbocycles. The van der Waals surface area contributed by atoms with E-state index < -0.39 is 15.8 Å². The molecule has 0 aliphatic carbocycles. The third kappa shape index (κ3) is 3.95. The number of rotatable bonds is 5. The van der Waals surface area contributed by atoms with Gasteiger partial charge >= 0.3 is 0 Å². The van der Waals surface area contributed by atoms with Gasteiger partial charge in [-0.1, -0.05) is 0 Å². The van der Waals surface area contributed by atoms with Gasteiger partial charge < -0.3 is 10.3 Å². The Morgan fingerprint density at radius 2 is 2.15 bits per heavy atom. The van der Waals surface area contributed by atoms with Gasteiger partial charge in [0.1, 0.15) is 11.6 Å². The molecule has 0 spiro atoms. The van der Waals surface area contributed by atoms with E-state index in [2.05, 4.69) is 20.0 Å². The van der Waals surface area contributed by atoms with E-state index in [1.807, 2.05) is 6.92 Å². The van der Waals surface area contributed by atoms with Crippen LogP contribution in [0, 0.1) is 12.7 Å². The molecule has 20 heavy (non-hydrogen) atoms. The second-order valence-corrected chi connectivity index (χ2v) is 6.16. The molecule has 0 aliphatic heterocycles. The van der Waals surface area contributed by atoms with Gasteiger partial charge in [-0.15, -0.1) is 0 Å². The van der Waals surface area contributed by atoms with Crippen LogP contribution in [0.1, 0.15) is 11.5 Å². The minimum atomic E-state index is -3.51. The lowest BCUT2D eigenvalue weighted by molar-refractivity contribution is 0.604. The van der Waals surface area contributed by atoms with E-state index in [9.17, 15) is 12.8 Å². The summed E-state index contributed by atoms with van der Waals surface area (Å²) in [7, 11) is -3.51. The quantitative estimate of drug-likeness (QED) is 0.786. The number of nitrogens with zero attached hydrogens (tertiary/aromatic N) is 1. The average molecular weight is 298 g/mol. The first-order valence-electron chi connectivity index (χ1n) is 5.85. The molecule has 0 fully saturated rings. The van der Waals surface area contributed by atoms with Crippen LogP contribution in [-0.2, 0) is 16.6 Å². The van der Waals surface area contributed by atoms with Crippen molar-refractivity contribution in [1.29, 1.82) is 0 Å². The predicted molar refractivity (Wildman–Crippen MR) is 75.5 cm³/mol. The van der Waals surface area contributed by atoms with Gasteiger partial charge in [0.25, 0.3) is 0 Å². The second kappa shape index (κ2) is 5.49. The first kappa shape index (κ1) is 14.3. The highest BCUT2D eigenvalue weighted by atomic mass is 32.2. The molecule has 0 unspecified atom stereocenters. The lowest BCUT2D eigenvalue weighted by atomic mass is 10.2. The molecule has 6 nitrogen and oxygen atoms in total. The molecule has 1 aromatic heterocycles. The molecule has 0 aliphatic rings. The molecule has 108 valence electrons. The summed E-state index contributed by atoms with van der Waals surface area (Å²) >= 11 is 0. The summed E-state index contributed by atoms with van der Waals surface area (Å²) in [5.74, 6) is 0.179. The number of halogens is 1. The number of aryl methyl sites for hydroxylation is 1. The zero-order valence-corrected chi connectivity index (χ0v) is 11.9. The van der Waals surface area contributed by atoms with Crippen LogP contribution in [-0.4, -0.2) is 24.6 Å². The van der Waals surface area contributed by atoms with Crippen molar-refractivity contribution < 1.29 is 12.8 Å². The highest BCUT2D eigenvalue weighted by Crippen LogP contribution is 2.20. The Labute approximate surface area is 116 Å². The first-order chi connectivity index (χ1) is 9.33. The Bertz CT molecular complexity index is 712. The number of hydrogen-bond acceptors (Lipinski definition) is 4. The monoisotopic (exact) mass is 298 g/mol. The van der Waals surface area contributed by atoms with Crippen molar-refractivity contribution >= 4 is 21.4 Å². The zero-order valence-electron chi connectivity index (χ0n) is 11.1. The van der Waals surface area contributed by atoms with Crippen molar-refractivity contribution in [1.82, 2.24) is 9.97 Å². The molecule has 0 saturated carbocycles. The van der Waals surface area contributed by atoms with Crippen LogP contribution in [0.3, 0.4) is 0 Å². The number of imidazole rings is 1. The highest BCUT2D eigenvalue weighted by Gasteiger charge is 2.08. The van der Waals surface area contributed by atoms with Crippen molar-refractivity contribution in [2.45, 2.75) is 13.5 Å². The number of nitrogens with one attached hydrogen (secondary N) is 3. The van der Waals surface area contributed by atoms with Crippen LogP contribution < -0.4 is 10.0 Å². The summed E-state index contributed by atoms with van der Waals surface area (Å²) in [5, 5.41) is 3.05. The highest BCUT2D eigenvalue weighted by molar-refractivity contribution is 7.92. The van der Waals surface area contributed by atoms with Crippen molar-refractivity contribution in [3.05, 3.63) is 41.7 Å². The van der Waals surface area contributed by atoms with Crippen LogP contribution in [0.5, 0.6) is 0 Å². The van der Waals surface area contributed by atoms with Gasteiger partial charge in [-0.05, 0) is 25.1 Å². The third-order valence-electron chi connectivity index (χ3n) is 2.50. The summed E-state index contributed by atoms with van der Waals surface area (Å²) in [6.07, 6.45) is 2.67. The minimum absolute atomic E-state index is 0.0849. The predicted octanol–water partition coefficient (Wildman–Crippen LogP) is 1.84. The SMILES string of the molecule is Cc1ncc(CNc2ccc(F)c(NS(C)(=O)=O)c2)[nH]1. The standard InChI is InChI=1S/C12H15FN4O2S/c1-8-14-6-10(16-8)7-15-9-3-4-11(13)12(5-9)17-20(2,18)19/h3-6,15,17H,7H2,1-2H3,(H,14,16). The lowest BCUT2D eigenvalue weighted by Gasteiger charge is -2.09. The molecule has 1 heterocycles. The number of benzene rings is 1. The van der Waals surface area contributed by atoms with Gasteiger partial charge in [0.15, 0.2) is 0 Å². The number of H-pyrrole nitrogens is 1. The molecule has 0 atom stereocenters. The topological polar surface area (TPSA) is 86.9 Å². The van der Waals surface area contributed by atoms with E-state index >= 15 is 0 Å². The van der Waals surface area contributed by atoms with Gasteiger partial charge in [-0.25, -0.2) is 17.8 Å². The Balaban J connectivity index is 2.11. The van der Waals surface area contributed by atoms with Crippen LogP contribution >= 0.6 is 0 Å². The van der Waals surface area contributed by atoms with Crippen LogP contribution in [0.15, 0.2) is 24.4 Å². The average Bonchev–Trinajstić information content (AvgIpc) is 2.74. The van der Waals surface area contributed by atoms with Gasteiger partial charge in [0.2, 0.25) is 10.0 Å². The number of aromatic nitrogens is 2. The molecule has 2 aromatic rings. The van der Waals surface area contributed by atoms with Gasteiger partial charge in [0.05, 0.1) is 30.4 Å². The maximum Gasteiger partial charge on any atom is 0.229 e. The Hall–Kier alpha value is -2.09. The molecular formula is C12H15FN4O2S. The fourth-order valence-corrected chi connectivity index (χ4v) is 2.23. The number of anilines is 2. The molecule has 2 rings (SSSR count). The lowest BCUT2D eigenvalue weighted by Crippen LogP contribution is -2.11. The molecule has 8 heteroatoms. The van der Waals surface area contributed by atoms with Crippen molar-refractivity contribution in [2.75, 3.05) is 16.3 Å². The smallest absolute Gasteiger partial charge is 0.229 e. The largest absolute Gasteiger partial charge is 0.379 e. The molecule has 0 radical (unpaired) electrons. The fourth-order valence-electron chi connectivity index (χ4n) is 1.67. The Kier molecular flexibility index (Phi) is 3.93. The van der Waals surface area contributed by atoms with Crippen LogP contribution in [0.4, 0.5) is 15.8 Å². The van der Waals surface area contributed by atoms with E-state index in [-0.39, 0.29) is 5.69 Å². The van der Waals surface area contributed by atoms with Gasteiger partial charge in [-0.2, -0.15) is 0 Å². The van der Waals surface area contributed by atoms with E-state index in [1.54, 1.807) is 6.20 Å². The van der Waals surface area contributed by atoms with Crippen molar-refractivity contribution in [3.63, 3.8) is 0 Å². The summed E-state index contributed by atoms with van der Waals surface area (Å²) < 4.78 is 37.9. The van der Waals surface area contributed by atoms with Crippen molar-refractivity contribution in [2.24, 2.45) is 0 Å². The van der Waals surface area contributed by atoms with Gasteiger partial charge in [-0.3, -0.25) is 4.72 Å². The summed E-state index contributed by atoms with van der Waals surface area (Å²) in [6.45, 7) is 2.32. The maximum atomic E-state index is 13.5. The summed E-state index contributed by atoms with van der Waals surface area (Å²) in [6, 6.07) is 4.14. The minimum Gasteiger partial charge on any atom is -0.379 e. The number of sulfonamides is 1. The van der Waals surface area contributed by atoms with Crippen LogP contribution in [0.25, 0.3) is 0 Å². The summed E-state index contributed by atoms with van der Waals surface area (Å²) in [4.78, 5) is 7.11. The normalized spacial score (nSPS) is 11.3. The Morgan fingerprint density at radius 1 is 1.40 bits per heavy atom. The molecule has 0 saturated heterocycles. The molecule has 0 amide bonds. The maximum absolute atomic E-state index is 13.5. The fraction of sp³-hybridized carbons (Fsp3) is 0.250. The van der Waals surface area contributed by atoms with E-state index in [0.717, 1.165) is 17.8 Å². The number of hydrogen-bond donors (Lipinski definition) is 3. The van der Waals surface area contributed by atoms with Gasteiger partial charge in [0, 0.05) is 5.69 Å². The second-order valence-electron chi connectivity index (χ2n) is 4.42. The van der Waals surface area contributed by atoms with E-state index in [0.29, 0.717) is 12.2 Å². The van der Waals surface area contributed by atoms with E-state index in [1.165, 1.54) is 18.2 Å². The summed E-state index contributed by atoms with van der Waals surface area (Å²) in [5.41, 5.74) is 1.40.